The van der Waals surface area contributed by atoms with Crippen LogP contribution in [0.15, 0.2) is 5.51 Å². The van der Waals surface area contributed by atoms with Gasteiger partial charge in [-0.1, -0.05) is 13.8 Å². The van der Waals surface area contributed by atoms with E-state index in [0.717, 1.165) is 10.4 Å². The summed E-state index contributed by atoms with van der Waals surface area (Å²) >= 11 is 0.356. The molecule has 1 aliphatic rings. The van der Waals surface area contributed by atoms with E-state index in [1.807, 2.05) is 0 Å². The lowest BCUT2D eigenvalue weighted by Crippen LogP contribution is -2.41. The molecule has 1 N–H and O–H groups in total. The second-order valence-corrected chi connectivity index (χ2v) is 6.48. The molecule has 1 atom stereocenters. The predicted molar refractivity (Wildman–Crippen MR) is 72.5 cm³/mol. The van der Waals surface area contributed by atoms with Crippen LogP contribution in [0.1, 0.15) is 35.6 Å². The van der Waals surface area contributed by atoms with Crippen LogP contribution in [0.3, 0.4) is 0 Å². The van der Waals surface area contributed by atoms with Crippen LogP contribution in [0.5, 0.6) is 0 Å². The van der Waals surface area contributed by atoms with Crippen molar-refractivity contribution in [3.05, 3.63) is 16.1 Å². The maximum absolute atomic E-state index is 12.8. The first-order valence-electron chi connectivity index (χ1n) is 6.63. The highest BCUT2D eigenvalue weighted by Gasteiger charge is 2.49. The first-order valence-corrected chi connectivity index (χ1v) is 7.51. The van der Waals surface area contributed by atoms with Crippen LogP contribution in [-0.2, 0) is 11.0 Å². The number of aromatic nitrogens is 1. The number of carboxylic acid groups (broad SMARTS) is 1. The molecular formula is C13H15F3N2O3S. The van der Waals surface area contributed by atoms with Gasteiger partial charge in [0.1, 0.15) is 4.88 Å². The van der Waals surface area contributed by atoms with Crippen LogP contribution in [-0.4, -0.2) is 40.0 Å². The number of carbonyl (C=O) groups is 2. The van der Waals surface area contributed by atoms with Gasteiger partial charge in [0.2, 0.25) is 0 Å². The molecule has 5 nitrogen and oxygen atoms in total. The average molecular weight is 336 g/mol. The van der Waals surface area contributed by atoms with Crippen molar-refractivity contribution in [1.82, 2.24) is 9.88 Å². The molecule has 0 bridgehead atoms. The van der Waals surface area contributed by atoms with Crippen LogP contribution in [0.25, 0.3) is 0 Å². The molecule has 1 saturated heterocycles. The van der Waals surface area contributed by atoms with Crippen LogP contribution in [0.2, 0.25) is 0 Å². The predicted octanol–water partition coefficient (Wildman–Crippen LogP) is 2.73. The summed E-state index contributed by atoms with van der Waals surface area (Å²) in [5.74, 6) is -2.13. The van der Waals surface area contributed by atoms with E-state index in [0.29, 0.717) is 11.3 Å². The maximum atomic E-state index is 12.8. The van der Waals surface area contributed by atoms with Crippen molar-refractivity contribution >= 4 is 23.2 Å². The van der Waals surface area contributed by atoms with Crippen LogP contribution in [0, 0.1) is 11.3 Å². The molecule has 9 heteroatoms. The molecule has 1 fully saturated rings. The fourth-order valence-corrected chi connectivity index (χ4v) is 3.30. The number of nitrogens with zero attached hydrogens (tertiary/aromatic N) is 2. The lowest BCUT2D eigenvalue weighted by molar-refractivity contribution is -0.150. The molecule has 0 aliphatic carbocycles. The molecule has 0 saturated carbocycles. The van der Waals surface area contributed by atoms with Gasteiger partial charge in [0.15, 0.2) is 5.69 Å². The van der Waals surface area contributed by atoms with Crippen molar-refractivity contribution < 1.29 is 27.9 Å². The Morgan fingerprint density at radius 2 is 2.09 bits per heavy atom. The third-order valence-electron chi connectivity index (χ3n) is 4.15. The Hall–Kier alpha value is -1.64. The van der Waals surface area contributed by atoms with Crippen molar-refractivity contribution in [3.63, 3.8) is 0 Å². The summed E-state index contributed by atoms with van der Waals surface area (Å²) in [6, 6.07) is 0. The van der Waals surface area contributed by atoms with Crippen LogP contribution >= 0.6 is 11.3 Å². The summed E-state index contributed by atoms with van der Waals surface area (Å²) in [7, 11) is 0. The highest BCUT2D eigenvalue weighted by molar-refractivity contribution is 7.10. The summed E-state index contributed by atoms with van der Waals surface area (Å²) < 4.78 is 38.5. The highest BCUT2D eigenvalue weighted by Crippen LogP contribution is 2.40. The van der Waals surface area contributed by atoms with Gasteiger partial charge in [0, 0.05) is 13.1 Å². The fourth-order valence-electron chi connectivity index (χ4n) is 2.65. The number of rotatable bonds is 3. The molecule has 1 aliphatic heterocycles. The van der Waals surface area contributed by atoms with Crippen LogP contribution in [0.4, 0.5) is 13.2 Å². The molecule has 2 rings (SSSR count). The molecule has 0 radical (unpaired) electrons. The summed E-state index contributed by atoms with van der Waals surface area (Å²) in [5, 5.41) is 9.42. The molecule has 0 spiro atoms. The van der Waals surface area contributed by atoms with E-state index in [4.69, 9.17) is 0 Å². The zero-order valence-corrected chi connectivity index (χ0v) is 12.8. The number of carbonyl (C=O) groups excluding carboxylic acids is 1. The van der Waals surface area contributed by atoms with E-state index in [1.54, 1.807) is 13.8 Å². The molecule has 1 aromatic heterocycles. The second-order valence-electron chi connectivity index (χ2n) is 5.62. The Bertz CT molecular complexity index is 600. The van der Waals surface area contributed by atoms with Crippen LogP contribution < -0.4 is 0 Å². The molecule has 0 aromatic carbocycles. The molecular weight excluding hydrogens is 321 g/mol. The first kappa shape index (κ1) is 16.7. The third kappa shape index (κ3) is 2.69. The topological polar surface area (TPSA) is 70.5 Å². The Morgan fingerprint density at radius 3 is 2.55 bits per heavy atom. The van der Waals surface area contributed by atoms with Gasteiger partial charge in [-0.05, 0) is 12.3 Å². The number of thiazole rings is 1. The SMILES string of the molecule is CC(C)C1(C(=O)O)CCN(C(=O)c2ncsc2C(F)(F)F)C1. The van der Waals surface area contributed by atoms with Crippen molar-refractivity contribution in [2.75, 3.05) is 13.1 Å². The molecule has 122 valence electrons. The number of carboxylic acids is 1. The molecule has 2 heterocycles. The zero-order chi connectivity index (χ0) is 16.7. The monoisotopic (exact) mass is 336 g/mol. The van der Waals surface area contributed by atoms with E-state index in [2.05, 4.69) is 4.98 Å². The number of alkyl halides is 3. The highest BCUT2D eigenvalue weighted by atomic mass is 32.1. The Balaban J connectivity index is 2.27. The van der Waals surface area contributed by atoms with Gasteiger partial charge in [-0.15, -0.1) is 11.3 Å². The zero-order valence-electron chi connectivity index (χ0n) is 12.0. The Morgan fingerprint density at radius 1 is 1.45 bits per heavy atom. The maximum Gasteiger partial charge on any atom is 0.427 e. The quantitative estimate of drug-likeness (QED) is 0.921. The minimum absolute atomic E-state index is 0.104. The number of hydrogen-bond donors (Lipinski definition) is 1. The van der Waals surface area contributed by atoms with Gasteiger partial charge in [0.05, 0.1) is 10.9 Å². The minimum Gasteiger partial charge on any atom is -0.481 e. The summed E-state index contributed by atoms with van der Waals surface area (Å²) in [4.78, 5) is 27.4. The smallest absolute Gasteiger partial charge is 0.427 e. The normalized spacial score (nSPS) is 22.4. The average Bonchev–Trinajstić information content (AvgIpc) is 3.05. The lowest BCUT2D eigenvalue weighted by atomic mass is 9.76. The van der Waals surface area contributed by atoms with Gasteiger partial charge in [-0.2, -0.15) is 13.2 Å². The van der Waals surface area contributed by atoms with E-state index >= 15 is 0 Å². The van der Waals surface area contributed by atoms with E-state index < -0.39 is 34.0 Å². The number of hydrogen-bond acceptors (Lipinski definition) is 4. The van der Waals surface area contributed by atoms with E-state index in [9.17, 15) is 27.9 Å². The molecule has 1 aromatic rings. The largest absolute Gasteiger partial charge is 0.481 e. The Labute approximate surface area is 128 Å². The van der Waals surface area contributed by atoms with E-state index in [-0.39, 0.29) is 25.4 Å². The molecule has 22 heavy (non-hydrogen) atoms. The number of likely N-dealkylation sites (tertiary alicyclic amines) is 1. The van der Waals surface area contributed by atoms with Crippen molar-refractivity contribution in [2.45, 2.75) is 26.4 Å². The number of halogens is 3. The van der Waals surface area contributed by atoms with Gasteiger partial charge >= 0.3 is 12.1 Å². The van der Waals surface area contributed by atoms with Gasteiger partial charge in [0.25, 0.3) is 5.91 Å². The van der Waals surface area contributed by atoms with E-state index in [1.165, 1.54) is 0 Å². The van der Waals surface area contributed by atoms with Gasteiger partial charge in [-0.3, -0.25) is 9.59 Å². The lowest BCUT2D eigenvalue weighted by Gasteiger charge is -2.28. The van der Waals surface area contributed by atoms with Crippen molar-refractivity contribution in [3.8, 4) is 0 Å². The third-order valence-corrected chi connectivity index (χ3v) is 5.02. The van der Waals surface area contributed by atoms with Crippen molar-refractivity contribution in [2.24, 2.45) is 11.3 Å². The fraction of sp³-hybridized carbons (Fsp3) is 0.615. The summed E-state index contributed by atoms with van der Waals surface area (Å²) in [6.07, 6.45) is -4.43. The molecule has 1 amide bonds. The summed E-state index contributed by atoms with van der Waals surface area (Å²) in [6.45, 7) is 3.46. The Kier molecular flexibility index (Phi) is 4.20. The minimum atomic E-state index is -4.65. The standard InChI is InChI=1S/C13H15F3N2O3S/c1-7(2)12(11(20)21)3-4-18(5-12)10(19)8-9(13(14,15)16)22-6-17-8/h6-7H,3-5H2,1-2H3,(H,20,21). The van der Waals surface area contributed by atoms with Gasteiger partial charge < -0.3 is 10.0 Å². The molecule has 1 unspecified atom stereocenters. The van der Waals surface area contributed by atoms with Gasteiger partial charge in [-0.25, -0.2) is 4.98 Å². The first-order chi connectivity index (χ1) is 10.1. The second kappa shape index (κ2) is 5.53. The number of aliphatic carboxylic acids is 1. The van der Waals surface area contributed by atoms with Crippen molar-refractivity contribution in [1.29, 1.82) is 0 Å². The number of amides is 1. The summed E-state index contributed by atoms with van der Waals surface area (Å²) in [5.41, 5.74) is -0.800.